The van der Waals surface area contributed by atoms with Crippen LogP contribution in [0.5, 0.6) is 0 Å². The highest BCUT2D eigenvalue weighted by Gasteiger charge is 2.51. The van der Waals surface area contributed by atoms with E-state index in [-0.39, 0.29) is 11.7 Å². The van der Waals surface area contributed by atoms with Gasteiger partial charge in [0.15, 0.2) is 9.84 Å². The van der Waals surface area contributed by atoms with Crippen molar-refractivity contribution < 1.29 is 13.2 Å². The van der Waals surface area contributed by atoms with Crippen molar-refractivity contribution in [2.75, 3.05) is 0 Å². The number of allylic oxidation sites excluding steroid dienone is 1. The Hall–Kier alpha value is -1.42. The summed E-state index contributed by atoms with van der Waals surface area (Å²) in [7, 11) is -3.44. The van der Waals surface area contributed by atoms with Gasteiger partial charge in [-0.05, 0) is 45.2 Å². The lowest BCUT2D eigenvalue weighted by atomic mass is 9.68. The standard InChI is InChI=1S/C16H20O3S/c1-10(2)14-9-15(16(14)12(4)17)20(18,19)13-7-5-11(3)6-8-13/h5-8,14-16H,1,9H2,2-4H3/t14?,15-,16-/m1/s1. The van der Waals surface area contributed by atoms with Gasteiger partial charge in [-0.15, -0.1) is 0 Å². The van der Waals surface area contributed by atoms with Gasteiger partial charge < -0.3 is 0 Å². The van der Waals surface area contributed by atoms with Crippen molar-refractivity contribution in [1.29, 1.82) is 0 Å². The van der Waals surface area contributed by atoms with Crippen LogP contribution in [0.25, 0.3) is 0 Å². The predicted octanol–water partition coefficient (Wildman–Crippen LogP) is 2.94. The summed E-state index contributed by atoms with van der Waals surface area (Å²) in [6.07, 6.45) is 0.496. The Bertz CT molecular complexity index is 641. The molecule has 1 unspecified atom stereocenters. The summed E-state index contributed by atoms with van der Waals surface area (Å²) in [6.45, 7) is 9.10. The van der Waals surface area contributed by atoms with E-state index in [0.717, 1.165) is 11.1 Å². The van der Waals surface area contributed by atoms with E-state index in [1.807, 2.05) is 13.8 Å². The van der Waals surface area contributed by atoms with Gasteiger partial charge >= 0.3 is 0 Å². The van der Waals surface area contributed by atoms with Crippen LogP contribution in [0.4, 0.5) is 0 Å². The van der Waals surface area contributed by atoms with Crippen molar-refractivity contribution in [2.24, 2.45) is 11.8 Å². The minimum atomic E-state index is -3.44. The highest BCUT2D eigenvalue weighted by atomic mass is 32.2. The summed E-state index contributed by atoms with van der Waals surface area (Å²) in [6, 6.07) is 6.81. The van der Waals surface area contributed by atoms with Crippen molar-refractivity contribution in [3.63, 3.8) is 0 Å². The maximum Gasteiger partial charge on any atom is 0.181 e. The first-order chi connectivity index (χ1) is 9.25. The maximum atomic E-state index is 12.6. The third kappa shape index (κ3) is 2.44. The molecule has 1 aromatic rings. The molecule has 1 fully saturated rings. The number of rotatable bonds is 4. The molecule has 0 amide bonds. The number of hydrogen-bond acceptors (Lipinski definition) is 3. The predicted molar refractivity (Wildman–Crippen MR) is 79.2 cm³/mol. The fraction of sp³-hybridized carbons (Fsp3) is 0.438. The normalized spacial score (nSPS) is 25.9. The van der Waals surface area contributed by atoms with Crippen LogP contribution in [-0.2, 0) is 14.6 Å². The molecule has 0 heterocycles. The molecule has 4 heteroatoms. The van der Waals surface area contributed by atoms with Gasteiger partial charge in [-0.3, -0.25) is 4.79 Å². The number of hydrogen-bond donors (Lipinski definition) is 0. The molecule has 1 aliphatic rings. The molecule has 3 atom stereocenters. The van der Waals surface area contributed by atoms with Gasteiger partial charge in [-0.25, -0.2) is 8.42 Å². The maximum absolute atomic E-state index is 12.6. The zero-order valence-electron chi connectivity index (χ0n) is 12.1. The average Bonchev–Trinajstić information content (AvgIpc) is 2.26. The fourth-order valence-corrected chi connectivity index (χ4v) is 4.98. The summed E-state index contributed by atoms with van der Waals surface area (Å²) >= 11 is 0. The second kappa shape index (κ2) is 5.17. The van der Waals surface area contributed by atoms with Crippen LogP contribution < -0.4 is 0 Å². The van der Waals surface area contributed by atoms with E-state index in [1.54, 1.807) is 24.3 Å². The first-order valence-electron chi connectivity index (χ1n) is 6.71. The van der Waals surface area contributed by atoms with Gasteiger partial charge in [0.1, 0.15) is 5.78 Å². The molecule has 1 aromatic carbocycles. The van der Waals surface area contributed by atoms with Crippen LogP contribution in [-0.4, -0.2) is 19.5 Å². The van der Waals surface area contributed by atoms with Crippen molar-refractivity contribution in [3.8, 4) is 0 Å². The molecule has 0 bridgehead atoms. The van der Waals surface area contributed by atoms with Gasteiger partial charge in [-0.1, -0.05) is 29.8 Å². The van der Waals surface area contributed by atoms with Gasteiger partial charge in [0.25, 0.3) is 0 Å². The molecule has 2 rings (SSSR count). The Kier molecular flexibility index (Phi) is 3.87. The molecule has 1 aliphatic carbocycles. The summed E-state index contributed by atoms with van der Waals surface area (Å²) in [4.78, 5) is 12.1. The summed E-state index contributed by atoms with van der Waals surface area (Å²) in [5.41, 5.74) is 1.90. The molecule has 1 saturated carbocycles. The zero-order valence-corrected chi connectivity index (χ0v) is 12.9. The number of carbonyl (C=O) groups excluding carboxylic acids is 1. The van der Waals surface area contributed by atoms with Crippen LogP contribution >= 0.6 is 0 Å². The number of sulfone groups is 1. The SMILES string of the molecule is C=C(C)C1C[C@@H](S(=O)(=O)c2ccc(C)cc2)[C@@H]1C(C)=O. The second-order valence-electron chi connectivity index (χ2n) is 5.72. The van der Waals surface area contributed by atoms with Crippen molar-refractivity contribution in [3.05, 3.63) is 42.0 Å². The van der Waals surface area contributed by atoms with Crippen molar-refractivity contribution >= 4 is 15.6 Å². The molecule has 0 saturated heterocycles. The summed E-state index contributed by atoms with van der Waals surface area (Å²) in [5.74, 6) is -0.513. The second-order valence-corrected chi connectivity index (χ2v) is 7.89. The van der Waals surface area contributed by atoms with E-state index in [2.05, 4.69) is 6.58 Å². The molecule has 0 spiro atoms. The Morgan fingerprint density at radius 1 is 1.20 bits per heavy atom. The summed E-state index contributed by atoms with van der Waals surface area (Å²) in [5, 5.41) is -0.607. The Balaban J connectivity index is 2.33. The molecule has 0 aliphatic heterocycles. The van der Waals surface area contributed by atoms with E-state index < -0.39 is 21.0 Å². The van der Waals surface area contributed by atoms with Crippen LogP contribution in [0, 0.1) is 18.8 Å². The first-order valence-corrected chi connectivity index (χ1v) is 8.26. The van der Waals surface area contributed by atoms with E-state index >= 15 is 0 Å². The molecular formula is C16H20O3S. The van der Waals surface area contributed by atoms with E-state index in [1.165, 1.54) is 6.92 Å². The summed E-state index contributed by atoms with van der Waals surface area (Å²) < 4.78 is 25.3. The first kappa shape index (κ1) is 15.0. The molecule has 20 heavy (non-hydrogen) atoms. The van der Waals surface area contributed by atoms with Gasteiger partial charge in [0, 0.05) is 5.92 Å². The van der Waals surface area contributed by atoms with Crippen LogP contribution in [0.15, 0.2) is 41.3 Å². The van der Waals surface area contributed by atoms with E-state index in [9.17, 15) is 13.2 Å². The average molecular weight is 292 g/mol. The van der Waals surface area contributed by atoms with Crippen molar-refractivity contribution in [2.45, 2.75) is 37.3 Å². The van der Waals surface area contributed by atoms with E-state index in [4.69, 9.17) is 0 Å². The van der Waals surface area contributed by atoms with Gasteiger partial charge in [0.05, 0.1) is 10.1 Å². The largest absolute Gasteiger partial charge is 0.300 e. The molecule has 0 radical (unpaired) electrons. The minimum Gasteiger partial charge on any atom is -0.300 e. The molecule has 108 valence electrons. The number of aryl methyl sites for hydroxylation is 1. The van der Waals surface area contributed by atoms with Crippen LogP contribution in [0.3, 0.4) is 0 Å². The van der Waals surface area contributed by atoms with Gasteiger partial charge in [-0.2, -0.15) is 0 Å². The Labute approximate surface area is 120 Å². The van der Waals surface area contributed by atoms with Gasteiger partial charge in [0.2, 0.25) is 0 Å². The zero-order chi connectivity index (χ0) is 15.1. The smallest absolute Gasteiger partial charge is 0.181 e. The highest BCUT2D eigenvalue weighted by molar-refractivity contribution is 7.92. The molecule has 3 nitrogen and oxygen atoms in total. The third-order valence-corrected chi connectivity index (χ3v) is 6.38. The fourth-order valence-electron chi connectivity index (χ4n) is 2.88. The number of ketones is 1. The molecular weight excluding hydrogens is 272 g/mol. The quantitative estimate of drug-likeness (QED) is 0.802. The molecule has 0 aromatic heterocycles. The van der Waals surface area contributed by atoms with E-state index in [0.29, 0.717) is 11.3 Å². The number of Topliss-reactive ketones (excluding diaryl/α,β-unsaturated/α-hetero) is 1. The minimum absolute atomic E-state index is 0.00211. The Morgan fingerprint density at radius 3 is 2.20 bits per heavy atom. The highest BCUT2D eigenvalue weighted by Crippen LogP contribution is 2.45. The number of carbonyl (C=O) groups is 1. The topological polar surface area (TPSA) is 51.2 Å². The lowest BCUT2D eigenvalue weighted by Gasteiger charge is -2.43. The van der Waals surface area contributed by atoms with Crippen molar-refractivity contribution in [1.82, 2.24) is 0 Å². The third-order valence-electron chi connectivity index (χ3n) is 4.17. The number of benzene rings is 1. The Morgan fingerprint density at radius 2 is 1.75 bits per heavy atom. The lowest BCUT2D eigenvalue weighted by Crippen LogP contribution is -2.50. The molecule has 0 N–H and O–H groups in total. The lowest BCUT2D eigenvalue weighted by molar-refractivity contribution is -0.124. The van der Waals surface area contributed by atoms with Crippen LogP contribution in [0.1, 0.15) is 25.8 Å². The monoisotopic (exact) mass is 292 g/mol. The van der Waals surface area contributed by atoms with Crippen LogP contribution in [0.2, 0.25) is 0 Å².